The molecule has 1 aromatic carbocycles. The Balaban J connectivity index is 1.64. The maximum atomic E-state index is 13.7. The molecule has 224 valence electrons. The van der Waals surface area contributed by atoms with Crippen LogP contribution in [0.4, 0.5) is 0 Å². The highest BCUT2D eigenvalue weighted by molar-refractivity contribution is 7.13. The van der Waals surface area contributed by atoms with Gasteiger partial charge in [0.05, 0.1) is 28.2 Å². The molecule has 0 aliphatic carbocycles. The van der Waals surface area contributed by atoms with Crippen molar-refractivity contribution in [2.75, 3.05) is 6.54 Å². The van der Waals surface area contributed by atoms with E-state index in [1.54, 1.807) is 11.3 Å². The summed E-state index contributed by atoms with van der Waals surface area (Å²) in [6.07, 6.45) is 1.09. The van der Waals surface area contributed by atoms with Crippen molar-refractivity contribution >= 4 is 35.0 Å². The molecule has 4 atom stereocenters. The van der Waals surface area contributed by atoms with E-state index in [4.69, 9.17) is 5.11 Å². The number of β-amino-alcohol motifs (C(OH)–C–C–N with tert-alkyl or cyclic N) is 1. The Morgan fingerprint density at radius 2 is 1.73 bits per heavy atom. The third-order valence-corrected chi connectivity index (χ3v) is 8.33. The van der Waals surface area contributed by atoms with E-state index in [-0.39, 0.29) is 43.7 Å². The Kier molecular flexibility index (Phi) is 11.0. The molecule has 1 aliphatic heterocycles. The molecule has 0 radical (unpaired) electrons. The Bertz CT molecular complexity index is 1220. The molecule has 0 bridgehead atoms. The number of benzene rings is 1. The van der Waals surface area contributed by atoms with E-state index in [2.05, 4.69) is 15.6 Å². The SMILES string of the molecule is Cc1ncsc1-c1ccc(C(C)NC(=O)C2CC(O)CN2C(=O)C(NC(=O)CCCCCC(=O)O)C(C)(C)C)cc1. The highest BCUT2D eigenvalue weighted by Gasteiger charge is 2.44. The number of carbonyl (C=O) groups excluding carboxylic acids is 3. The monoisotopic (exact) mass is 586 g/mol. The van der Waals surface area contributed by atoms with Gasteiger partial charge in [0.25, 0.3) is 0 Å². The van der Waals surface area contributed by atoms with Crippen molar-refractivity contribution in [1.82, 2.24) is 20.5 Å². The first-order chi connectivity index (χ1) is 19.3. The molecule has 3 rings (SSSR count). The van der Waals surface area contributed by atoms with Crippen molar-refractivity contribution in [2.45, 2.75) is 97.4 Å². The van der Waals surface area contributed by atoms with Crippen LogP contribution in [0.2, 0.25) is 0 Å². The standard InChI is InChI=1S/C30H42N4O6S/c1-18(20-11-13-21(14-12-20)26-19(2)31-17-41-26)32-28(39)23-15-22(35)16-34(23)29(40)27(30(3,4)5)33-24(36)9-7-6-8-10-25(37)38/h11-14,17-18,22-23,27,35H,6-10,15-16H2,1-5H3,(H,32,39)(H,33,36)(H,37,38). The lowest BCUT2D eigenvalue weighted by atomic mass is 9.85. The first-order valence-electron chi connectivity index (χ1n) is 14.1. The van der Waals surface area contributed by atoms with E-state index in [9.17, 15) is 24.3 Å². The summed E-state index contributed by atoms with van der Waals surface area (Å²) in [7, 11) is 0. The van der Waals surface area contributed by atoms with Crippen molar-refractivity contribution < 1.29 is 29.4 Å². The molecule has 3 amide bonds. The zero-order valence-electron chi connectivity index (χ0n) is 24.5. The molecule has 0 spiro atoms. The van der Waals surface area contributed by atoms with E-state index in [0.717, 1.165) is 21.7 Å². The number of rotatable bonds is 12. The number of carboxylic acid groups (broad SMARTS) is 1. The number of aryl methyl sites for hydroxylation is 1. The predicted molar refractivity (Wildman–Crippen MR) is 157 cm³/mol. The van der Waals surface area contributed by atoms with Crippen molar-refractivity contribution in [3.63, 3.8) is 0 Å². The van der Waals surface area contributed by atoms with Crippen LogP contribution in [0.1, 0.15) is 83.5 Å². The summed E-state index contributed by atoms with van der Waals surface area (Å²) in [5.41, 5.74) is 4.10. The number of nitrogens with zero attached hydrogens (tertiary/aromatic N) is 2. The number of amides is 3. The minimum Gasteiger partial charge on any atom is -0.481 e. The van der Waals surface area contributed by atoms with Gasteiger partial charge < -0.3 is 25.7 Å². The molecule has 1 fully saturated rings. The average Bonchev–Trinajstić information content (AvgIpc) is 3.51. The van der Waals surface area contributed by atoms with Crippen molar-refractivity contribution in [2.24, 2.45) is 5.41 Å². The van der Waals surface area contributed by atoms with E-state index in [0.29, 0.717) is 19.3 Å². The molecular formula is C30H42N4O6S. The van der Waals surface area contributed by atoms with Gasteiger partial charge in [0.1, 0.15) is 12.1 Å². The van der Waals surface area contributed by atoms with Crippen LogP contribution in [0.25, 0.3) is 10.4 Å². The van der Waals surface area contributed by atoms with E-state index in [1.807, 2.05) is 64.4 Å². The smallest absolute Gasteiger partial charge is 0.303 e. The minimum atomic E-state index is -0.894. The summed E-state index contributed by atoms with van der Waals surface area (Å²) < 4.78 is 0. The molecule has 4 unspecified atom stereocenters. The largest absolute Gasteiger partial charge is 0.481 e. The van der Waals surface area contributed by atoms with Crippen LogP contribution < -0.4 is 10.6 Å². The maximum Gasteiger partial charge on any atom is 0.303 e. The first-order valence-corrected chi connectivity index (χ1v) is 15.0. The molecule has 1 aromatic heterocycles. The molecule has 2 heterocycles. The highest BCUT2D eigenvalue weighted by atomic mass is 32.1. The number of hydrogen-bond donors (Lipinski definition) is 4. The van der Waals surface area contributed by atoms with Crippen LogP contribution in [-0.2, 0) is 19.2 Å². The quantitative estimate of drug-likeness (QED) is 0.276. The lowest BCUT2D eigenvalue weighted by molar-refractivity contribution is -0.144. The Morgan fingerprint density at radius 1 is 1.07 bits per heavy atom. The number of unbranched alkanes of at least 4 members (excludes halogenated alkanes) is 2. The summed E-state index contributed by atoms with van der Waals surface area (Å²) in [5, 5.41) is 25.0. The lowest BCUT2D eigenvalue weighted by Crippen LogP contribution is -2.57. The van der Waals surface area contributed by atoms with Gasteiger partial charge in [0.2, 0.25) is 17.7 Å². The fraction of sp³-hybridized carbons (Fsp3) is 0.567. The summed E-state index contributed by atoms with van der Waals surface area (Å²) >= 11 is 1.57. The van der Waals surface area contributed by atoms with Gasteiger partial charge in [-0.25, -0.2) is 4.98 Å². The number of nitrogens with one attached hydrogen (secondary N) is 2. The van der Waals surface area contributed by atoms with Gasteiger partial charge in [-0.15, -0.1) is 11.3 Å². The number of likely N-dealkylation sites (tertiary alicyclic amines) is 1. The maximum absolute atomic E-state index is 13.7. The number of carbonyl (C=O) groups is 4. The molecule has 11 heteroatoms. The number of aliphatic hydroxyl groups is 1. The van der Waals surface area contributed by atoms with Crippen LogP contribution in [0.3, 0.4) is 0 Å². The van der Waals surface area contributed by atoms with Gasteiger partial charge in [0.15, 0.2) is 0 Å². The fourth-order valence-corrected chi connectivity index (χ4v) is 5.80. The lowest BCUT2D eigenvalue weighted by Gasteiger charge is -2.35. The van der Waals surface area contributed by atoms with Gasteiger partial charge in [-0.05, 0) is 43.2 Å². The Morgan fingerprint density at radius 3 is 2.32 bits per heavy atom. The Hall–Kier alpha value is -3.31. The molecule has 0 saturated carbocycles. The van der Waals surface area contributed by atoms with E-state index in [1.165, 1.54) is 4.90 Å². The molecule has 1 aliphatic rings. The Labute approximate surface area is 245 Å². The highest BCUT2D eigenvalue weighted by Crippen LogP contribution is 2.29. The first kappa shape index (κ1) is 32.2. The molecule has 1 saturated heterocycles. The summed E-state index contributed by atoms with van der Waals surface area (Å²) in [6.45, 7) is 9.35. The topological polar surface area (TPSA) is 149 Å². The second-order valence-corrected chi connectivity index (χ2v) is 12.7. The normalized spacial score (nSPS) is 18.5. The van der Waals surface area contributed by atoms with Crippen LogP contribution in [-0.4, -0.2) is 68.5 Å². The van der Waals surface area contributed by atoms with Crippen LogP contribution in [0.15, 0.2) is 29.8 Å². The van der Waals surface area contributed by atoms with Crippen molar-refractivity contribution in [3.8, 4) is 10.4 Å². The summed E-state index contributed by atoms with van der Waals surface area (Å²) in [5.74, 6) is -1.94. The molecular weight excluding hydrogens is 544 g/mol. The number of aliphatic carboxylic acids is 1. The zero-order chi connectivity index (χ0) is 30.3. The van der Waals surface area contributed by atoms with Gasteiger partial charge >= 0.3 is 5.97 Å². The molecule has 41 heavy (non-hydrogen) atoms. The van der Waals surface area contributed by atoms with Crippen LogP contribution in [0.5, 0.6) is 0 Å². The molecule has 10 nitrogen and oxygen atoms in total. The summed E-state index contributed by atoms with van der Waals surface area (Å²) in [6, 6.07) is 5.82. The third kappa shape index (κ3) is 8.84. The third-order valence-electron chi connectivity index (χ3n) is 7.35. The number of hydrogen-bond acceptors (Lipinski definition) is 7. The van der Waals surface area contributed by atoms with Gasteiger partial charge in [-0.1, -0.05) is 51.5 Å². The molecule has 4 N–H and O–H groups in total. The predicted octanol–water partition coefficient (Wildman–Crippen LogP) is 3.82. The van der Waals surface area contributed by atoms with Crippen molar-refractivity contribution in [1.29, 1.82) is 0 Å². The fourth-order valence-electron chi connectivity index (χ4n) is 4.99. The van der Waals surface area contributed by atoms with Crippen LogP contribution in [0, 0.1) is 12.3 Å². The number of carboxylic acids is 1. The van der Waals surface area contributed by atoms with Crippen LogP contribution >= 0.6 is 11.3 Å². The zero-order valence-corrected chi connectivity index (χ0v) is 25.3. The number of aromatic nitrogens is 1. The summed E-state index contributed by atoms with van der Waals surface area (Å²) in [4.78, 5) is 57.2. The minimum absolute atomic E-state index is 0.00579. The van der Waals surface area contributed by atoms with E-state index >= 15 is 0 Å². The van der Waals surface area contributed by atoms with Crippen molar-refractivity contribution in [3.05, 3.63) is 41.0 Å². The van der Waals surface area contributed by atoms with E-state index < -0.39 is 35.5 Å². The average molecular weight is 587 g/mol. The number of aliphatic hydroxyl groups excluding tert-OH is 1. The van der Waals surface area contributed by atoms with Gasteiger partial charge in [-0.2, -0.15) is 0 Å². The molecule has 2 aromatic rings. The van der Waals surface area contributed by atoms with Gasteiger partial charge in [-0.3, -0.25) is 19.2 Å². The second-order valence-electron chi connectivity index (χ2n) is 11.8. The van der Waals surface area contributed by atoms with Gasteiger partial charge in [0, 0.05) is 25.8 Å². The second kappa shape index (κ2) is 14.0. The number of thiazole rings is 1.